The summed E-state index contributed by atoms with van der Waals surface area (Å²) < 4.78 is 53.0. The second kappa shape index (κ2) is 14.6. The summed E-state index contributed by atoms with van der Waals surface area (Å²) in [6, 6.07) is 0. The van der Waals surface area contributed by atoms with E-state index in [1.165, 1.54) is 42.4 Å². The largest absolute Gasteiger partial charge is 0.481 e. The molecule has 1 aliphatic heterocycles. The van der Waals surface area contributed by atoms with Gasteiger partial charge in [-0.1, -0.05) is 58.9 Å². The van der Waals surface area contributed by atoms with Gasteiger partial charge in [0.2, 0.25) is 0 Å². The molecule has 6 aliphatic carbocycles. The monoisotopic (exact) mass is 816 g/mol. The van der Waals surface area contributed by atoms with E-state index in [0.717, 1.165) is 32.1 Å². The first-order valence-electron chi connectivity index (χ1n) is 21.9. The number of hydrogen-bond acceptors (Lipinski definition) is 6. The molecule has 7 rings (SSSR count). The Morgan fingerprint density at radius 1 is 0.946 bits per heavy atom. The van der Waals surface area contributed by atoms with Gasteiger partial charge in [0.25, 0.3) is 0 Å². The number of nitrogens with one attached hydrogen (secondary N) is 1. The topological polar surface area (TPSA) is 104 Å². The van der Waals surface area contributed by atoms with Crippen molar-refractivity contribution >= 4 is 31.2 Å². The molecule has 0 amide bonds. The molecular formula is C46H73FN2O5S2. The number of sulfone groups is 1. The van der Waals surface area contributed by atoms with Crippen molar-refractivity contribution in [3.05, 3.63) is 35.5 Å². The zero-order valence-corrected chi connectivity index (χ0v) is 37.2. The molecule has 1 saturated heterocycles. The fraction of sp³-hybridized carbons (Fsp3) is 0.826. The molecule has 5 fully saturated rings. The number of carboxylic acid groups (broad SMARTS) is 1. The van der Waals surface area contributed by atoms with Crippen LogP contribution >= 0.6 is 0 Å². The van der Waals surface area contributed by atoms with E-state index in [-0.39, 0.29) is 45.1 Å². The van der Waals surface area contributed by atoms with Crippen LogP contribution in [-0.2, 0) is 24.2 Å². The summed E-state index contributed by atoms with van der Waals surface area (Å²) in [5, 5.41) is 13.8. The van der Waals surface area contributed by atoms with E-state index in [1.807, 2.05) is 0 Å². The highest BCUT2D eigenvalue weighted by molar-refractivity contribution is 8.00. The first kappa shape index (κ1) is 42.6. The minimum absolute atomic E-state index is 0.0517. The van der Waals surface area contributed by atoms with Crippen molar-refractivity contribution < 1.29 is 26.9 Å². The Morgan fingerprint density at radius 2 is 1.66 bits per heavy atom. The number of carbonyl (C=O) groups is 1. The van der Waals surface area contributed by atoms with Gasteiger partial charge < -0.3 is 15.3 Å². The number of halogens is 1. The Kier molecular flexibility index (Phi) is 11.1. The molecule has 0 aromatic heterocycles. The summed E-state index contributed by atoms with van der Waals surface area (Å²) in [5.74, 6) is 6.79. The standard InChI is InChI=1S/C46H73FN2O5S2/c1-32(2)34-13-20-46(48-23-27-56(53,54)30-26-49-24-28-55(8,52)29-25-49)22-21-43(6)36(39(34)46)9-10-38-42(5)16-14-35(41(3,4)37(42)15-17-44(38,43)7)33-11-18-45(31-47,19-12-33)40(50)51/h11,14,34,36-39,48H,1,8-10,12-13,15-31H2,2-7H3,(H,50,51)/t34-,36+,37-,38+,39+,42-,43+,44+,45-,46-/m0/s1. The second-order valence-electron chi connectivity index (χ2n) is 21.3. The number of fused-ring (bicyclic) bond motifs is 7. The number of carboxylic acids is 1. The van der Waals surface area contributed by atoms with E-state index in [0.29, 0.717) is 80.1 Å². The van der Waals surface area contributed by atoms with Gasteiger partial charge in [-0.3, -0.25) is 9.00 Å². The predicted octanol–water partition coefficient (Wildman–Crippen LogP) is 8.12. The van der Waals surface area contributed by atoms with Gasteiger partial charge in [-0.25, -0.2) is 12.8 Å². The number of aliphatic carboxylic acids is 1. The normalized spacial score (nSPS) is 43.3. The molecule has 0 spiro atoms. The number of allylic oxidation sites excluding steroid dienone is 5. The van der Waals surface area contributed by atoms with Gasteiger partial charge in [0.05, 0.1) is 16.9 Å². The molecule has 0 bridgehead atoms. The van der Waals surface area contributed by atoms with Crippen LogP contribution in [-0.4, -0.2) is 95.9 Å². The minimum Gasteiger partial charge on any atom is -0.481 e. The van der Waals surface area contributed by atoms with Gasteiger partial charge in [-0.2, -0.15) is 0 Å². The van der Waals surface area contributed by atoms with Gasteiger partial charge >= 0.3 is 5.97 Å². The Hall–Kier alpha value is -1.49. The summed E-state index contributed by atoms with van der Waals surface area (Å²) in [6.45, 7) is 21.0. The number of rotatable bonds is 11. The van der Waals surface area contributed by atoms with Gasteiger partial charge in [0, 0.05) is 43.2 Å². The molecule has 2 N–H and O–H groups in total. The fourth-order valence-electron chi connectivity index (χ4n) is 15.0. The maximum atomic E-state index is 14.0. The number of nitrogens with zero attached hydrogens (tertiary/aromatic N) is 1. The van der Waals surface area contributed by atoms with Gasteiger partial charge in [0.1, 0.15) is 6.67 Å². The van der Waals surface area contributed by atoms with Crippen LogP contribution in [0.3, 0.4) is 0 Å². The lowest BCUT2D eigenvalue weighted by atomic mass is 9.33. The molecule has 7 nitrogen and oxygen atoms in total. The molecular weight excluding hydrogens is 744 g/mol. The van der Waals surface area contributed by atoms with Crippen LogP contribution in [0.2, 0.25) is 0 Å². The van der Waals surface area contributed by atoms with Crippen LogP contribution in [0.4, 0.5) is 4.39 Å². The van der Waals surface area contributed by atoms with Crippen LogP contribution in [0.1, 0.15) is 119 Å². The summed E-state index contributed by atoms with van der Waals surface area (Å²) in [5.41, 5.74) is 3.02. The highest BCUT2D eigenvalue weighted by atomic mass is 32.2. The van der Waals surface area contributed by atoms with Crippen LogP contribution in [0, 0.1) is 56.7 Å². The van der Waals surface area contributed by atoms with Gasteiger partial charge in [-0.15, -0.1) is 0 Å². The zero-order valence-electron chi connectivity index (χ0n) is 35.5. The zero-order chi connectivity index (χ0) is 40.7. The van der Waals surface area contributed by atoms with E-state index in [4.69, 9.17) is 0 Å². The SMILES string of the molecule is C=C(C)[C@@H]1CC[C@]2(NCCS(=O)(=O)CCN3CCS(=C)(=O)CC3)CC[C@]3(C)[C@H](CC[C@@H]4[C@@]5(C)CC=C(C6=CC[C@](CF)(C(=O)O)CC6)C(C)(C)[C@@H]5CC[C@]43C)[C@@H]12. The molecule has 10 heteroatoms. The lowest BCUT2D eigenvalue weighted by Gasteiger charge is -2.72. The third kappa shape index (κ3) is 6.86. The Bertz CT molecular complexity index is 1860. The van der Waals surface area contributed by atoms with E-state index in [9.17, 15) is 26.9 Å². The average molecular weight is 817 g/mol. The van der Waals surface area contributed by atoms with Gasteiger partial charge in [0.15, 0.2) is 9.84 Å². The third-order valence-electron chi connectivity index (χ3n) is 18.5. The molecule has 0 aromatic carbocycles. The Labute approximate surface area is 339 Å². The summed E-state index contributed by atoms with van der Waals surface area (Å²) >= 11 is 0. The highest BCUT2D eigenvalue weighted by Gasteiger charge is 2.70. The predicted molar refractivity (Wildman–Crippen MR) is 229 cm³/mol. The molecule has 56 heavy (non-hydrogen) atoms. The molecule has 0 radical (unpaired) electrons. The van der Waals surface area contributed by atoms with Crippen molar-refractivity contribution in [2.45, 2.75) is 124 Å². The van der Waals surface area contributed by atoms with Crippen molar-refractivity contribution in [2.75, 3.05) is 55.9 Å². The van der Waals surface area contributed by atoms with E-state index in [2.05, 4.69) is 76.4 Å². The number of alkyl halides is 1. The van der Waals surface area contributed by atoms with E-state index < -0.39 is 37.4 Å². The average Bonchev–Trinajstić information content (AvgIpc) is 3.51. The van der Waals surface area contributed by atoms with E-state index >= 15 is 0 Å². The molecule has 4 saturated carbocycles. The van der Waals surface area contributed by atoms with Gasteiger partial charge in [-0.05, 0) is 162 Å². The maximum absolute atomic E-state index is 14.0. The Balaban J connectivity index is 1.08. The summed E-state index contributed by atoms with van der Waals surface area (Å²) in [7, 11) is -5.24. The van der Waals surface area contributed by atoms with Crippen molar-refractivity contribution in [3.63, 3.8) is 0 Å². The smallest absolute Gasteiger partial charge is 0.312 e. The van der Waals surface area contributed by atoms with Crippen LogP contribution in [0.15, 0.2) is 35.5 Å². The molecule has 7 aliphatic rings. The first-order valence-corrected chi connectivity index (χ1v) is 25.8. The molecule has 0 unspecified atom stereocenters. The lowest BCUT2D eigenvalue weighted by Crippen LogP contribution is -2.68. The van der Waals surface area contributed by atoms with Crippen molar-refractivity contribution in [1.29, 1.82) is 0 Å². The summed E-state index contributed by atoms with van der Waals surface area (Å²) in [6.07, 6.45) is 16.1. The molecule has 1 heterocycles. The van der Waals surface area contributed by atoms with Crippen LogP contribution in [0.25, 0.3) is 0 Å². The quantitative estimate of drug-likeness (QED) is 0.161. The lowest BCUT2D eigenvalue weighted by molar-refractivity contribution is -0.221. The third-order valence-corrected chi connectivity index (χ3v) is 22.0. The summed E-state index contributed by atoms with van der Waals surface area (Å²) in [4.78, 5) is 14.1. The molecule has 0 aromatic rings. The molecule has 10 atom stereocenters. The van der Waals surface area contributed by atoms with Crippen molar-refractivity contribution in [1.82, 2.24) is 10.2 Å². The maximum Gasteiger partial charge on any atom is 0.312 e. The molecule has 316 valence electrons. The number of hydrogen-bond donors (Lipinski definition) is 2. The second-order valence-corrected chi connectivity index (χ2v) is 26.4. The van der Waals surface area contributed by atoms with E-state index in [1.54, 1.807) is 0 Å². The van der Waals surface area contributed by atoms with Crippen molar-refractivity contribution in [2.24, 2.45) is 56.7 Å². The first-order chi connectivity index (χ1) is 26.1. The minimum atomic E-state index is -3.24. The van der Waals surface area contributed by atoms with Crippen LogP contribution in [0.5, 0.6) is 0 Å². The fourth-order valence-corrected chi connectivity index (χ4v) is 17.5. The Morgan fingerprint density at radius 3 is 2.29 bits per heavy atom. The highest BCUT2D eigenvalue weighted by Crippen LogP contribution is 2.76. The van der Waals surface area contributed by atoms with Crippen molar-refractivity contribution in [3.8, 4) is 0 Å². The van der Waals surface area contributed by atoms with Crippen LogP contribution < -0.4 is 5.32 Å².